The van der Waals surface area contributed by atoms with E-state index in [2.05, 4.69) is 36.5 Å². The summed E-state index contributed by atoms with van der Waals surface area (Å²) < 4.78 is 5.20. The third-order valence-electron chi connectivity index (χ3n) is 4.44. The smallest absolute Gasteiger partial charge is 0.118 e. The highest BCUT2D eigenvalue weighted by Gasteiger charge is 2.26. The van der Waals surface area contributed by atoms with Crippen molar-refractivity contribution in [2.75, 3.05) is 20.2 Å². The molecule has 0 radical (unpaired) electrons. The molecule has 0 aliphatic heterocycles. The van der Waals surface area contributed by atoms with Gasteiger partial charge >= 0.3 is 0 Å². The van der Waals surface area contributed by atoms with Gasteiger partial charge in [-0.05, 0) is 61.9 Å². The Hall–Kier alpha value is -1.02. The molecule has 106 valence electrons. The molecular formula is C17H27NO. The van der Waals surface area contributed by atoms with E-state index in [9.17, 15) is 0 Å². The van der Waals surface area contributed by atoms with Gasteiger partial charge in [0.15, 0.2) is 0 Å². The van der Waals surface area contributed by atoms with Gasteiger partial charge in [-0.2, -0.15) is 0 Å². The maximum atomic E-state index is 5.20. The number of rotatable bonds is 7. The lowest BCUT2D eigenvalue weighted by Crippen LogP contribution is -2.25. The monoisotopic (exact) mass is 261 g/mol. The van der Waals surface area contributed by atoms with E-state index >= 15 is 0 Å². The van der Waals surface area contributed by atoms with Gasteiger partial charge in [-0.1, -0.05) is 31.9 Å². The zero-order chi connectivity index (χ0) is 13.5. The molecule has 2 atom stereocenters. The average Bonchev–Trinajstić information content (AvgIpc) is 2.91. The lowest BCUT2D eigenvalue weighted by Gasteiger charge is -2.19. The predicted octanol–water partition coefficient (Wildman–Crippen LogP) is 3.65. The lowest BCUT2D eigenvalue weighted by atomic mass is 9.90. The van der Waals surface area contributed by atoms with Gasteiger partial charge in [0.05, 0.1) is 7.11 Å². The molecule has 1 aliphatic rings. The van der Waals surface area contributed by atoms with Crippen molar-refractivity contribution in [2.45, 2.75) is 39.0 Å². The fourth-order valence-corrected chi connectivity index (χ4v) is 3.24. The number of methoxy groups -OCH3 is 1. The fraction of sp³-hybridized carbons (Fsp3) is 0.647. The maximum Gasteiger partial charge on any atom is 0.118 e. The first-order valence-corrected chi connectivity index (χ1v) is 7.67. The molecule has 1 N–H and O–H groups in total. The summed E-state index contributed by atoms with van der Waals surface area (Å²) in [6.45, 7) is 4.51. The van der Waals surface area contributed by atoms with Crippen LogP contribution in [0.3, 0.4) is 0 Å². The quantitative estimate of drug-likeness (QED) is 0.809. The zero-order valence-corrected chi connectivity index (χ0v) is 12.3. The first-order valence-electron chi connectivity index (χ1n) is 7.67. The molecule has 0 saturated heterocycles. The lowest BCUT2D eigenvalue weighted by molar-refractivity contribution is 0.350. The SMILES string of the molecule is CCNCC1CCCC1CCc1ccc(OC)cc1. The second-order valence-electron chi connectivity index (χ2n) is 5.65. The largest absolute Gasteiger partial charge is 0.497 e. The molecule has 2 heteroatoms. The summed E-state index contributed by atoms with van der Waals surface area (Å²) in [5.41, 5.74) is 1.44. The van der Waals surface area contributed by atoms with Crippen LogP contribution in [-0.2, 0) is 6.42 Å². The van der Waals surface area contributed by atoms with Crippen molar-refractivity contribution in [1.82, 2.24) is 5.32 Å². The summed E-state index contributed by atoms with van der Waals surface area (Å²) in [7, 11) is 1.72. The van der Waals surface area contributed by atoms with E-state index in [4.69, 9.17) is 4.74 Å². The van der Waals surface area contributed by atoms with Crippen molar-refractivity contribution in [2.24, 2.45) is 11.8 Å². The van der Waals surface area contributed by atoms with Crippen LogP contribution in [0.4, 0.5) is 0 Å². The summed E-state index contributed by atoms with van der Waals surface area (Å²) >= 11 is 0. The van der Waals surface area contributed by atoms with Gasteiger partial charge < -0.3 is 10.1 Å². The van der Waals surface area contributed by atoms with Gasteiger partial charge in [-0.25, -0.2) is 0 Å². The molecule has 2 nitrogen and oxygen atoms in total. The van der Waals surface area contributed by atoms with Crippen LogP contribution in [0.1, 0.15) is 38.2 Å². The van der Waals surface area contributed by atoms with Crippen molar-refractivity contribution in [3.05, 3.63) is 29.8 Å². The summed E-state index contributed by atoms with van der Waals surface area (Å²) in [5, 5.41) is 3.52. The van der Waals surface area contributed by atoms with E-state index in [-0.39, 0.29) is 0 Å². The summed E-state index contributed by atoms with van der Waals surface area (Å²) in [5.74, 6) is 2.77. The molecule has 1 aliphatic carbocycles. The molecule has 0 spiro atoms. The number of hydrogen-bond acceptors (Lipinski definition) is 2. The van der Waals surface area contributed by atoms with Gasteiger partial charge in [0.25, 0.3) is 0 Å². The van der Waals surface area contributed by atoms with E-state index < -0.39 is 0 Å². The van der Waals surface area contributed by atoms with Crippen molar-refractivity contribution in [3.63, 3.8) is 0 Å². The minimum atomic E-state index is 0.901. The second-order valence-corrected chi connectivity index (χ2v) is 5.65. The van der Waals surface area contributed by atoms with E-state index in [0.29, 0.717) is 0 Å². The molecule has 0 aromatic heterocycles. The number of ether oxygens (including phenoxy) is 1. The van der Waals surface area contributed by atoms with Gasteiger partial charge in [0.1, 0.15) is 5.75 Å². The highest BCUT2D eigenvalue weighted by atomic mass is 16.5. The van der Waals surface area contributed by atoms with Crippen LogP contribution in [0.15, 0.2) is 24.3 Å². The Kier molecular flexibility index (Phi) is 5.71. The topological polar surface area (TPSA) is 21.3 Å². The molecule has 0 bridgehead atoms. The Morgan fingerprint density at radius 2 is 1.89 bits per heavy atom. The molecule has 2 rings (SSSR count). The molecule has 19 heavy (non-hydrogen) atoms. The van der Waals surface area contributed by atoms with Gasteiger partial charge in [0.2, 0.25) is 0 Å². The Balaban J connectivity index is 1.80. The molecule has 0 heterocycles. The Labute approximate surface area is 117 Å². The highest BCUT2D eigenvalue weighted by Crippen LogP contribution is 2.34. The van der Waals surface area contributed by atoms with E-state index in [0.717, 1.165) is 24.1 Å². The first kappa shape index (κ1) is 14.4. The predicted molar refractivity (Wildman–Crippen MR) is 80.7 cm³/mol. The Bertz CT molecular complexity index is 360. The minimum absolute atomic E-state index is 0.901. The molecule has 2 unspecified atom stereocenters. The minimum Gasteiger partial charge on any atom is -0.497 e. The Morgan fingerprint density at radius 1 is 1.16 bits per heavy atom. The molecule has 1 aromatic rings. The van der Waals surface area contributed by atoms with Crippen molar-refractivity contribution < 1.29 is 4.74 Å². The molecule has 1 aromatic carbocycles. The summed E-state index contributed by atoms with van der Waals surface area (Å²) in [6.07, 6.45) is 6.80. The van der Waals surface area contributed by atoms with E-state index in [1.807, 2.05) is 0 Å². The summed E-state index contributed by atoms with van der Waals surface area (Å²) in [4.78, 5) is 0. The third-order valence-corrected chi connectivity index (χ3v) is 4.44. The number of aryl methyl sites for hydroxylation is 1. The van der Waals surface area contributed by atoms with E-state index in [1.54, 1.807) is 7.11 Å². The number of hydrogen-bond donors (Lipinski definition) is 1. The average molecular weight is 261 g/mol. The Morgan fingerprint density at radius 3 is 2.58 bits per heavy atom. The fourth-order valence-electron chi connectivity index (χ4n) is 3.24. The number of nitrogens with one attached hydrogen (secondary N) is 1. The van der Waals surface area contributed by atoms with Crippen LogP contribution < -0.4 is 10.1 Å². The van der Waals surface area contributed by atoms with Crippen LogP contribution in [0.5, 0.6) is 5.75 Å². The standard InChI is InChI=1S/C17H27NO/c1-3-18-13-16-6-4-5-15(16)10-7-14-8-11-17(19-2)12-9-14/h8-9,11-12,15-16,18H,3-7,10,13H2,1-2H3. The third kappa shape index (κ3) is 4.24. The molecule has 1 fully saturated rings. The molecular weight excluding hydrogens is 234 g/mol. The normalized spacial score (nSPS) is 22.6. The van der Waals surface area contributed by atoms with Gasteiger partial charge in [-0.15, -0.1) is 0 Å². The van der Waals surface area contributed by atoms with Crippen LogP contribution in [0.25, 0.3) is 0 Å². The highest BCUT2D eigenvalue weighted by molar-refractivity contribution is 5.27. The van der Waals surface area contributed by atoms with Crippen molar-refractivity contribution in [3.8, 4) is 5.75 Å². The van der Waals surface area contributed by atoms with Crippen LogP contribution in [-0.4, -0.2) is 20.2 Å². The van der Waals surface area contributed by atoms with Crippen LogP contribution in [0.2, 0.25) is 0 Å². The maximum absolute atomic E-state index is 5.20. The van der Waals surface area contributed by atoms with Crippen molar-refractivity contribution in [1.29, 1.82) is 0 Å². The van der Waals surface area contributed by atoms with Gasteiger partial charge in [0, 0.05) is 0 Å². The van der Waals surface area contributed by atoms with E-state index in [1.165, 1.54) is 44.2 Å². The summed E-state index contributed by atoms with van der Waals surface area (Å²) in [6, 6.07) is 8.54. The molecule has 0 amide bonds. The zero-order valence-electron chi connectivity index (χ0n) is 12.3. The first-order chi connectivity index (χ1) is 9.33. The van der Waals surface area contributed by atoms with Crippen LogP contribution >= 0.6 is 0 Å². The van der Waals surface area contributed by atoms with Crippen LogP contribution in [0, 0.1) is 11.8 Å². The molecule has 1 saturated carbocycles. The number of benzene rings is 1. The van der Waals surface area contributed by atoms with Crippen molar-refractivity contribution >= 4 is 0 Å². The van der Waals surface area contributed by atoms with Gasteiger partial charge in [-0.3, -0.25) is 0 Å². The second kappa shape index (κ2) is 7.54.